The van der Waals surface area contributed by atoms with E-state index in [1.807, 2.05) is 6.92 Å². The lowest BCUT2D eigenvalue weighted by Crippen LogP contribution is -2.51. The van der Waals surface area contributed by atoms with Crippen molar-refractivity contribution in [1.82, 2.24) is 14.9 Å². The number of alkyl halides is 3. The average molecular weight is 438 g/mol. The SMILES string of the molecule is CCNC(=NCc1cccc(OC)c1O)NC1CCN(S(=O)(=O)C(F)(F)F)CC1. The van der Waals surface area contributed by atoms with Crippen molar-refractivity contribution in [3.63, 3.8) is 0 Å². The molecule has 1 fully saturated rings. The average Bonchev–Trinajstić information content (AvgIpc) is 2.66. The minimum absolute atomic E-state index is 0.0136. The third-order valence-electron chi connectivity index (χ3n) is 4.48. The molecule has 0 bridgehead atoms. The minimum atomic E-state index is -5.30. The Morgan fingerprint density at radius 2 is 2.00 bits per heavy atom. The van der Waals surface area contributed by atoms with E-state index in [9.17, 15) is 26.7 Å². The molecule has 0 spiro atoms. The number of aliphatic imine (C=N–C) groups is 1. The lowest BCUT2D eigenvalue weighted by molar-refractivity contribution is -0.0494. The number of nitrogens with one attached hydrogen (secondary N) is 2. The Labute approximate surface area is 167 Å². The molecule has 29 heavy (non-hydrogen) atoms. The Bertz CT molecular complexity index is 822. The lowest BCUT2D eigenvalue weighted by atomic mass is 10.1. The van der Waals surface area contributed by atoms with Crippen LogP contribution < -0.4 is 15.4 Å². The molecule has 0 unspecified atom stereocenters. The second-order valence-electron chi connectivity index (χ2n) is 6.43. The van der Waals surface area contributed by atoms with Crippen molar-refractivity contribution < 1.29 is 31.4 Å². The summed E-state index contributed by atoms with van der Waals surface area (Å²) in [5.41, 5.74) is -4.74. The molecule has 0 radical (unpaired) electrons. The number of ether oxygens (including phenoxy) is 1. The molecule has 8 nitrogen and oxygen atoms in total. The molecule has 1 aliphatic heterocycles. The van der Waals surface area contributed by atoms with Crippen molar-refractivity contribution >= 4 is 16.0 Å². The molecule has 12 heteroatoms. The van der Waals surface area contributed by atoms with Gasteiger partial charge in [0.15, 0.2) is 17.5 Å². The van der Waals surface area contributed by atoms with Crippen molar-refractivity contribution in [1.29, 1.82) is 0 Å². The van der Waals surface area contributed by atoms with Gasteiger partial charge in [-0.25, -0.2) is 13.4 Å². The summed E-state index contributed by atoms with van der Waals surface area (Å²) in [5, 5.41) is 16.3. The van der Waals surface area contributed by atoms with Gasteiger partial charge in [0.05, 0.1) is 13.7 Å². The van der Waals surface area contributed by atoms with Crippen molar-refractivity contribution in [2.75, 3.05) is 26.7 Å². The van der Waals surface area contributed by atoms with E-state index in [1.165, 1.54) is 7.11 Å². The van der Waals surface area contributed by atoms with Gasteiger partial charge in [-0.15, -0.1) is 0 Å². The molecule has 1 heterocycles. The number of rotatable bonds is 6. The molecular formula is C17H25F3N4O4S. The standard InChI is InChI=1S/C17H25F3N4O4S/c1-3-21-16(22-11-12-5-4-6-14(28-2)15(12)25)23-13-7-9-24(10-8-13)29(26,27)17(18,19)20/h4-6,13,25H,3,7-11H2,1-2H3,(H2,21,22,23). The van der Waals surface area contributed by atoms with E-state index in [2.05, 4.69) is 15.6 Å². The van der Waals surface area contributed by atoms with Gasteiger partial charge in [-0.1, -0.05) is 12.1 Å². The van der Waals surface area contributed by atoms with Crippen LogP contribution >= 0.6 is 0 Å². The van der Waals surface area contributed by atoms with Crippen LogP contribution in [-0.4, -0.2) is 62.1 Å². The number of piperidine rings is 1. The maximum atomic E-state index is 12.7. The highest BCUT2D eigenvalue weighted by Crippen LogP contribution is 2.30. The maximum absolute atomic E-state index is 12.7. The van der Waals surface area contributed by atoms with E-state index < -0.39 is 15.5 Å². The summed E-state index contributed by atoms with van der Waals surface area (Å²) in [6.07, 6.45) is 0.425. The highest BCUT2D eigenvalue weighted by atomic mass is 32.2. The highest BCUT2D eigenvalue weighted by Gasteiger charge is 2.50. The first-order chi connectivity index (χ1) is 13.6. The van der Waals surface area contributed by atoms with Gasteiger partial charge in [-0.3, -0.25) is 0 Å². The van der Waals surface area contributed by atoms with Gasteiger partial charge in [-0.05, 0) is 25.8 Å². The Morgan fingerprint density at radius 1 is 1.34 bits per heavy atom. The molecule has 2 rings (SSSR count). The van der Waals surface area contributed by atoms with Crippen LogP contribution in [0.1, 0.15) is 25.3 Å². The smallest absolute Gasteiger partial charge is 0.504 e. The summed E-state index contributed by atoms with van der Waals surface area (Å²) >= 11 is 0. The van der Waals surface area contributed by atoms with E-state index in [-0.39, 0.29) is 44.3 Å². The highest BCUT2D eigenvalue weighted by molar-refractivity contribution is 7.90. The summed E-state index contributed by atoms with van der Waals surface area (Å²) in [6.45, 7) is 2.11. The zero-order chi connectivity index (χ0) is 21.7. The van der Waals surface area contributed by atoms with Crippen molar-refractivity contribution in [3.05, 3.63) is 23.8 Å². The van der Waals surface area contributed by atoms with Gasteiger partial charge in [0.1, 0.15) is 0 Å². The second kappa shape index (κ2) is 9.53. The minimum Gasteiger partial charge on any atom is -0.504 e. The molecule has 3 N–H and O–H groups in total. The molecule has 0 aliphatic carbocycles. The van der Waals surface area contributed by atoms with Crippen LogP contribution in [0.5, 0.6) is 11.5 Å². The fourth-order valence-corrected chi connectivity index (χ4v) is 3.91. The van der Waals surface area contributed by atoms with Gasteiger partial charge in [0.25, 0.3) is 0 Å². The first kappa shape index (κ1) is 23.1. The number of phenols is 1. The normalized spacial score (nSPS) is 17.2. The van der Waals surface area contributed by atoms with E-state index >= 15 is 0 Å². The number of guanidine groups is 1. The summed E-state index contributed by atoms with van der Waals surface area (Å²) < 4.78 is 66.5. The van der Waals surface area contributed by atoms with Crippen LogP contribution in [0.25, 0.3) is 0 Å². The lowest BCUT2D eigenvalue weighted by Gasteiger charge is -2.32. The Kier molecular flexibility index (Phi) is 7.58. The summed E-state index contributed by atoms with van der Waals surface area (Å²) in [5.74, 6) is 0.737. The van der Waals surface area contributed by atoms with Gasteiger partial charge < -0.3 is 20.5 Å². The molecule has 164 valence electrons. The summed E-state index contributed by atoms with van der Waals surface area (Å²) in [6, 6.07) is 4.81. The molecule has 1 saturated heterocycles. The summed E-state index contributed by atoms with van der Waals surface area (Å²) in [7, 11) is -3.86. The van der Waals surface area contributed by atoms with Crippen LogP contribution in [0.4, 0.5) is 13.2 Å². The van der Waals surface area contributed by atoms with Gasteiger partial charge in [0, 0.05) is 31.2 Å². The zero-order valence-electron chi connectivity index (χ0n) is 16.2. The number of aromatic hydroxyl groups is 1. The Balaban J connectivity index is 2.01. The van der Waals surface area contributed by atoms with E-state index in [4.69, 9.17) is 4.74 Å². The molecule has 0 saturated carbocycles. The predicted molar refractivity (Wildman–Crippen MR) is 102 cm³/mol. The van der Waals surface area contributed by atoms with Gasteiger partial charge in [0.2, 0.25) is 0 Å². The van der Waals surface area contributed by atoms with Gasteiger partial charge >= 0.3 is 15.5 Å². The first-order valence-electron chi connectivity index (χ1n) is 9.06. The molecule has 0 amide bonds. The molecule has 1 aromatic rings. The van der Waals surface area contributed by atoms with Crippen LogP contribution in [0.15, 0.2) is 23.2 Å². The Hall–Kier alpha value is -2.21. The Morgan fingerprint density at radius 3 is 2.55 bits per heavy atom. The number of nitrogens with zero attached hydrogens (tertiary/aromatic N) is 2. The number of halogens is 3. The van der Waals surface area contributed by atoms with Crippen LogP contribution in [0, 0.1) is 0 Å². The number of hydrogen-bond donors (Lipinski definition) is 3. The largest absolute Gasteiger partial charge is 0.511 e. The quantitative estimate of drug-likeness (QED) is 0.462. The third-order valence-corrected chi connectivity index (χ3v) is 6.11. The van der Waals surface area contributed by atoms with Crippen LogP contribution in [0.2, 0.25) is 0 Å². The maximum Gasteiger partial charge on any atom is 0.511 e. The summed E-state index contributed by atoms with van der Waals surface area (Å²) in [4.78, 5) is 4.39. The molecule has 0 atom stereocenters. The van der Waals surface area contributed by atoms with Crippen molar-refractivity contribution in [2.45, 2.75) is 37.9 Å². The number of phenolic OH excluding ortho intramolecular Hbond substituents is 1. The van der Waals surface area contributed by atoms with Gasteiger partial charge in [-0.2, -0.15) is 17.5 Å². The van der Waals surface area contributed by atoms with Crippen LogP contribution in [-0.2, 0) is 16.6 Å². The number of sulfonamides is 1. The van der Waals surface area contributed by atoms with Crippen LogP contribution in [0.3, 0.4) is 0 Å². The first-order valence-corrected chi connectivity index (χ1v) is 10.5. The predicted octanol–water partition coefficient (Wildman–Crippen LogP) is 1.77. The fourth-order valence-electron chi connectivity index (χ4n) is 2.92. The zero-order valence-corrected chi connectivity index (χ0v) is 17.0. The van der Waals surface area contributed by atoms with Crippen molar-refractivity contribution in [2.24, 2.45) is 4.99 Å². The van der Waals surface area contributed by atoms with E-state index in [1.54, 1.807) is 18.2 Å². The molecule has 1 aromatic carbocycles. The monoisotopic (exact) mass is 438 g/mol. The van der Waals surface area contributed by atoms with E-state index in [0.29, 0.717) is 28.1 Å². The molecular weight excluding hydrogens is 413 g/mol. The topological polar surface area (TPSA) is 103 Å². The number of benzene rings is 1. The third kappa shape index (κ3) is 5.66. The van der Waals surface area contributed by atoms with Crippen molar-refractivity contribution in [3.8, 4) is 11.5 Å². The number of para-hydroxylation sites is 1. The fraction of sp³-hybridized carbons (Fsp3) is 0.588. The number of hydrogen-bond acceptors (Lipinski definition) is 5. The number of methoxy groups -OCH3 is 1. The molecule has 1 aliphatic rings. The second-order valence-corrected chi connectivity index (χ2v) is 8.36. The molecule has 0 aromatic heterocycles. The van der Waals surface area contributed by atoms with E-state index in [0.717, 1.165) is 0 Å².